The molecule has 0 N–H and O–H groups in total. The van der Waals surface area contributed by atoms with Crippen LogP contribution in [0.4, 0.5) is 4.39 Å². The zero-order chi connectivity index (χ0) is 20.1. The predicted octanol–water partition coefficient (Wildman–Crippen LogP) is 6.32. The van der Waals surface area contributed by atoms with Crippen LogP contribution in [-0.2, 0) is 19.6 Å². The van der Waals surface area contributed by atoms with E-state index in [-0.39, 0.29) is 5.82 Å². The Balaban J connectivity index is 1.52. The van der Waals surface area contributed by atoms with Crippen molar-refractivity contribution < 1.29 is 4.39 Å². The minimum absolute atomic E-state index is 0.162. The fraction of sp³-hybridized carbons (Fsp3) is 0.385. The largest absolute Gasteiger partial charge is 0.346 e. The third-order valence-electron chi connectivity index (χ3n) is 6.11. The third-order valence-corrected chi connectivity index (χ3v) is 6.11. The molecular weight excluding hydrogens is 359 g/mol. The van der Waals surface area contributed by atoms with Crippen molar-refractivity contribution in [3.63, 3.8) is 0 Å². The van der Waals surface area contributed by atoms with Gasteiger partial charge in [0.05, 0.1) is 0 Å². The first-order valence-electron chi connectivity index (χ1n) is 10.9. The Morgan fingerprint density at radius 3 is 2.45 bits per heavy atom. The zero-order valence-electron chi connectivity index (χ0n) is 17.4. The van der Waals surface area contributed by atoms with Crippen molar-refractivity contribution in [3.05, 3.63) is 95.1 Å². The van der Waals surface area contributed by atoms with E-state index in [1.54, 1.807) is 12.1 Å². The summed E-state index contributed by atoms with van der Waals surface area (Å²) in [4.78, 5) is 2.61. The second kappa shape index (κ2) is 9.41. The summed E-state index contributed by atoms with van der Waals surface area (Å²) in [5.41, 5.74) is 5.18. The number of halogens is 1. The maximum atomic E-state index is 13.4. The molecule has 3 aromatic rings. The predicted molar refractivity (Wildman–Crippen MR) is 117 cm³/mol. The molecule has 0 aliphatic heterocycles. The number of aromatic nitrogens is 1. The van der Waals surface area contributed by atoms with Gasteiger partial charge in [-0.15, -0.1) is 0 Å². The van der Waals surface area contributed by atoms with Gasteiger partial charge in [-0.3, -0.25) is 4.90 Å². The molecule has 0 bridgehead atoms. The zero-order valence-corrected chi connectivity index (χ0v) is 17.4. The molecule has 1 heterocycles. The van der Waals surface area contributed by atoms with Gasteiger partial charge < -0.3 is 4.57 Å². The molecule has 4 rings (SSSR count). The Morgan fingerprint density at radius 1 is 0.897 bits per heavy atom. The summed E-state index contributed by atoms with van der Waals surface area (Å²) in [5.74, 6) is -0.162. The summed E-state index contributed by atoms with van der Waals surface area (Å²) in [5, 5.41) is 0. The fourth-order valence-electron chi connectivity index (χ4n) is 4.55. The third kappa shape index (κ3) is 5.36. The van der Waals surface area contributed by atoms with Gasteiger partial charge in [0.25, 0.3) is 0 Å². The van der Waals surface area contributed by atoms with Crippen LogP contribution >= 0.6 is 0 Å². The van der Waals surface area contributed by atoms with E-state index in [9.17, 15) is 4.39 Å². The number of hydrogen-bond acceptors (Lipinski definition) is 1. The lowest BCUT2D eigenvalue weighted by Crippen LogP contribution is -2.36. The molecule has 0 spiro atoms. The Bertz CT molecular complexity index is 906. The molecule has 1 aromatic heterocycles. The molecule has 0 atom stereocenters. The highest BCUT2D eigenvalue weighted by Gasteiger charge is 2.22. The van der Waals surface area contributed by atoms with E-state index in [4.69, 9.17) is 0 Å². The van der Waals surface area contributed by atoms with E-state index in [1.807, 2.05) is 12.1 Å². The summed E-state index contributed by atoms with van der Waals surface area (Å²) >= 11 is 0. The summed E-state index contributed by atoms with van der Waals surface area (Å²) in [7, 11) is 0. The van der Waals surface area contributed by atoms with Crippen molar-refractivity contribution >= 4 is 0 Å². The van der Waals surface area contributed by atoms with Crippen molar-refractivity contribution in [1.82, 2.24) is 9.47 Å². The lowest BCUT2D eigenvalue weighted by molar-refractivity contribution is 0.137. The van der Waals surface area contributed by atoms with Crippen LogP contribution in [0.15, 0.2) is 66.9 Å². The van der Waals surface area contributed by atoms with E-state index in [1.165, 1.54) is 54.5 Å². The van der Waals surface area contributed by atoms with Gasteiger partial charge in [-0.1, -0.05) is 61.2 Å². The highest BCUT2D eigenvalue weighted by Crippen LogP contribution is 2.26. The van der Waals surface area contributed by atoms with Crippen LogP contribution < -0.4 is 0 Å². The van der Waals surface area contributed by atoms with Crippen molar-refractivity contribution in [2.75, 3.05) is 0 Å². The summed E-state index contributed by atoms with van der Waals surface area (Å²) < 4.78 is 15.7. The van der Waals surface area contributed by atoms with Crippen LogP contribution in [0.1, 0.15) is 54.5 Å². The molecule has 1 aliphatic rings. The molecule has 0 unspecified atom stereocenters. The number of aryl methyl sites for hydroxylation is 1. The van der Waals surface area contributed by atoms with Gasteiger partial charge in [-0.25, -0.2) is 4.39 Å². The minimum atomic E-state index is -0.162. The second-order valence-electron chi connectivity index (χ2n) is 8.44. The number of rotatable bonds is 7. The lowest BCUT2D eigenvalue weighted by Gasteiger charge is -2.34. The van der Waals surface area contributed by atoms with Crippen LogP contribution in [0.25, 0.3) is 0 Å². The number of hydrogen-bond donors (Lipinski definition) is 0. The highest BCUT2D eigenvalue weighted by atomic mass is 19.1. The average molecular weight is 391 g/mol. The molecule has 1 saturated carbocycles. The van der Waals surface area contributed by atoms with Gasteiger partial charge in [-0.05, 0) is 55.2 Å². The van der Waals surface area contributed by atoms with Crippen LogP contribution in [0.2, 0.25) is 0 Å². The van der Waals surface area contributed by atoms with Crippen molar-refractivity contribution in [1.29, 1.82) is 0 Å². The number of benzene rings is 2. The molecule has 2 nitrogen and oxygen atoms in total. The van der Waals surface area contributed by atoms with Crippen molar-refractivity contribution in [3.8, 4) is 0 Å². The van der Waals surface area contributed by atoms with Crippen LogP contribution in [0.5, 0.6) is 0 Å². The van der Waals surface area contributed by atoms with E-state index in [0.29, 0.717) is 6.04 Å². The van der Waals surface area contributed by atoms with Crippen LogP contribution in [0, 0.1) is 12.7 Å². The topological polar surface area (TPSA) is 8.17 Å². The minimum Gasteiger partial charge on any atom is -0.346 e. The van der Waals surface area contributed by atoms with Crippen molar-refractivity contribution in [2.45, 2.75) is 64.7 Å². The Kier molecular flexibility index (Phi) is 6.46. The summed E-state index contributed by atoms with van der Waals surface area (Å²) in [6.07, 6.45) is 8.70. The molecule has 1 fully saturated rings. The molecule has 29 heavy (non-hydrogen) atoms. The van der Waals surface area contributed by atoms with E-state index in [2.05, 4.69) is 59.0 Å². The molecule has 1 aliphatic carbocycles. The quantitative estimate of drug-likeness (QED) is 0.458. The maximum Gasteiger partial charge on any atom is 0.123 e. The normalized spacial score (nSPS) is 15.1. The van der Waals surface area contributed by atoms with Crippen LogP contribution in [-0.4, -0.2) is 15.5 Å². The van der Waals surface area contributed by atoms with Gasteiger partial charge in [0.15, 0.2) is 0 Å². The molecular formula is C26H31FN2. The highest BCUT2D eigenvalue weighted by molar-refractivity contribution is 5.23. The van der Waals surface area contributed by atoms with Gasteiger partial charge in [0.2, 0.25) is 0 Å². The first kappa shape index (κ1) is 19.9. The van der Waals surface area contributed by atoms with Gasteiger partial charge in [0.1, 0.15) is 5.82 Å². The molecule has 152 valence electrons. The molecule has 2 aromatic carbocycles. The first-order chi connectivity index (χ1) is 14.2. The Labute approximate surface area is 174 Å². The SMILES string of the molecule is Cc1cccc(Cn2cccc2CN(Cc2ccc(F)cc2)C2CCCCC2)c1. The standard InChI is InChI=1S/C26H31FN2/c1-21-7-5-8-23(17-21)19-28-16-6-11-26(28)20-29(25-9-3-2-4-10-25)18-22-12-14-24(27)15-13-22/h5-8,11-17,25H,2-4,9-10,18-20H2,1H3. The molecule has 3 heteroatoms. The summed E-state index contributed by atoms with van der Waals surface area (Å²) in [6, 6.07) is 20.8. The van der Waals surface area contributed by atoms with Gasteiger partial charge in [0, 0.05) is 37.6 Å². The van der Waals surface area contributed by atoms with E-state index >= 15 is 0 Å². The molecule has 0 radical (unpaired) electrons. The van der Waals surface area contributed by atoms with E-state index < -0.39 is 0 Å². The second-order valence-corrected chi connectivity index (χ2v) is 8.44. The van der Waals surface area contributed by atoms with Gasteiger partial charge in [-0.2, -0.15) is 0 Å². The Morgan fingerprint density at radius 2 is 1.69 bits per heavy atom. The van der Waals surface area contributed by atoms with E-state index in [0.717, 1.165) is 19.6 Å². The van der Waals surface area contributed by atoms with Crippen LogP contribution in [0.3, 0.4) is 0 Å². The van der Waals surface area contributed by atoms with Gasteiger partial charge >= 0.3 is 0 Å². The molecule has 0 saturated heterocycles. The maximum absolute atomic E-state index is 13.4. The Hall–Kier alpha value is -2.39. The molecule has 0 amide bonds. The number of nitrogens with zero attached hydrogens (tertiary/aromatic N) is 2. The smallest absolute Gasteiger partial charge is 0.123 e. The van der Waals surface area contributed by atoms with Crippen molar-refractivity contribution in [2.24, 2.45) is 0 Å². The lowest BCUT2D eigenvalue weighted by atomic mass is 9.93. The summed E-state index contributed by atoms with van der Waals surface area (Å²) in [6.45, 7) is 4.86. The monoisotopic (exact) mass is 390 g/mol. The fourth-order valence-corrected chi connectivity index (χ4v) is 4.55. The first-order valence-corrected chi connectivity index (χ1v) is 10.9. The average Bonchev–Trinajstić information content (AvgIpc) is 3.16.